The van der Waals surface area contributed by atoms with Gasteiger partial charge in [0.15, 0.2) is 0 Å². The Morgan fingerprint density at radius 3 is 2.50 bits per heavy atom. The Kier molecular flexibility index (Phi) is 4.58. The third-order valence-electron chi connectivity index (χ3n) is 2.23. The predicted molar refractivity (Wildman–Crippen MR) is 59.6 cm³/mol. The van der Waals surface area contributed by atoms with Crippen LogP contribution in [0, 0.1) is 0 Å². The Balaban J connectivity index is 2.67. The van der Waals surface area contributed by atoms with E-state index in [2.05, 4.69) is 46.9 Å². The van der Waals surface area contributed by atoms with Gasteiger partial charge in [-0.15, -0.1) is 10.2 Å². The summed E-state index contributed by atoms with van der Waals surface area (Å²) in [6.45, 7) is 6.36. The predicted octanol–water partition coefficient (Wildman–Crippen LogP) is 3.82. The molecule has 0 radical (unpaired) electrons. The second kappa shape index (κ2) is 5.49. The van der Waals surface area contributed by atoms with Crippen molar-refractivity contribution in [2.75, 3.05) is 0 Å². The molecule has 0 bridgehead atoms. The number of nitrogens with zero attached hydrogens (tertiary/aromatic N) is 2. The summed E-state index contributed by atoms with van der Waals surface area (Å²) in [5, 5.41) is 8.08. The van der Waals surface area contributed by atoms with Gasteiger partial charge in [-0.3, -0.25) is 0 Å². The second-order valence-corrected chi connectivity index (χ2v) is 4.65. The summed E-state index contributed by atoms with van der Waals surface area (Å²) in [6.07, 6.45) is 3.20. The van der Waals surface area contributed by atoms with E-state index in [1.54, 1.807) is 0 Å². The molecule has 1 heterocycles. The number of hydrogen-bond acceptors (Lipinski definition) is 3. The standard InChI is InChI=1S/C10H17BrN2O/c1-4-6-7(3)9-12-13-10(14-9)8(11)5-2/h7-8H,4-6H2,1-3H3. The molecular weight excluding hydrogens is 244 g/mol. The molecule has 2 unspecified atom stereocenters. The highest BCUT2D eigenvalue weighted by Gasteiger charge is 2.16. The van der Waals surface area contributed by atoms with E-state index in [9.17, 15) is 0 Å². The van der Waals surface area contributed by atoms with Crippen molar-refractivity contribution in [3.05, 3.63) is 11.8 Å². The summed E-state index contributed by atoms with van der Waals surface area (Å²) in [4.78, 5) is 0.192. The minimum absolute atomic E-state index is 0.192. The maximum absolute atomic E-state index is 5.58. The summed E-state index contributed by atoms with van der Waals surface area (Å²) in [7, 11) is 0. The van der Waals surface area contributed by atoms with Gasteiger partial charge in [-0.25, -0.2) is 0 Å². The summed E-state index contributed by atoms with van der Waals surface area (Å²) in [5.74, 6) is 1.84. The molecule has 0 saturated carbocycles. The summed E-state index contributed by atoms with van der Waals surface area (Å²) < 4.78 is 5.58. The molecule has 1 aromatic rings. The lowest BCUT2D eigenvalue weighted by molar-refractivity contribution is 0.411. The Hall–Kier alpha value is -0.380. The summed E-state index contributed by atoms with van der Waals surface area (Å²) >= 11 is 3.49. The van der Waals surface area contributed by atoms with Crippen molar-refractivity contribution >= 4 is 15.9 Å². The molecule has 14 heavy (non-hydrogen) atoms. The largest absolute Gasteiger partial charge is 0.424 e. The van der Waals surface area contributed by atoms with Gasteiger partial charge in [-0.2, -0.15) is 0 Å². The molecule has 4 heteroatoms. The van der Waals surface area contributed by atoms with Gasteiger partial charge in [-0.05, 0) is 12.8 Å². The molecule has 2 atom stereocenters. The van der Waals surface area contributed by atoms with E-state index in [0.29, 0.717) is 11.8 Å². The minimum Gasteiger partial charge on any atom is -0.424 e. The molecule has 0 aromatic carbocycles. The molecule has 80 valence electrons. The van der Waals surface area contributed by atoms with Gasteiger partial charge >= 0.3 is 0 Å². The molecule has 0 spiro atoms. The van der Waals surface area contributed by atoms with E-state index in [1.165, 1.54) is 0 Å². The maximum atomic E-state index is 5.58. The van der Waals surface area contributed by atoms with E-state index in [1.807, 2.05) is 0 Å². The lowest BCUT2D eigenvalue weighted by Crippen LogP contribution is -1.92. The van der Waals surface area contributed by atoms with Crippen LogP contribution in [0.15, 0.2) is 4.42 Å². The van der Waals surface area contributed by atoms with Gasteiger partial charge in [0.1, 0.15) is 0 Å². The first-order chi connectivity index (χ1) is 6.69. The van der Waals surface area contributed by atoms with Crippen molar-refractivity contribution in [3.8, 4) is 0 Å². The van der Waals surface area contributed by atoms with Crippen LogP contribution >= 0.6 is 15.9 Å². The summed E-state index contributed by atoms with van der Waals surface area (Å²) in [5.41, 5.74) is 0. The number of alkyl halides is 1. The fourth-order valence-electron chi connectivity index (χ4n) is 1.30. The van der Waals surface area contributed by atoms with E-state index in [-0.39, 0.29) is 4.83 Å². The zero-order valence-electron chi connectivity index (χ0n) is 8.96. The number of aromatic nitrogens is 2. The van der Waals surface area contributed by atoms with Crippen LogP contribution in [-0.4, -0.2) is 10.2 Å². The van der Waals surface area contributed by atoms with Crippen LogP contribution in [0.5, 0.6) is 0 Å². The third kappa shape index (κ3) is 2.80. The van der Waals surface area contributed by atoms with Crippen LogP contribution in [0.4, 0.5) is 0 Å². The lowest BCUT2D eigenvalue weighted by atomic mass is 10.1. The van der Waals surface area contributed by atoms with Crippen LogP contribution in [-0.2, 0) is 0 Å². The molecule has 0 N–H and O–H groups in total. The van der Waals surface area contributed by atoms with E-state index in [4.69, 9.17) is 4.42 Å². The molecule has 0 amide bonds. The van der Waals surface area contributed by atoms with Crippen LogP contribution in [0.25, 0.3) is 0 Å². The smallest absolute Gasteiger partial charge is 0.230 e. The average Bonchev–Trinajstić information content (AvgIpc) is 2.66. The zero-order valence-corrected chi connectivity index (χ0v) is 10.5. The normalized spacial score (nSPS) is 15.4. The maximum Gasteiger partial charge on any atom is 0.230 e. The monoisotopic (exact) mass is 260 g/mol. The Morgan fingerprint density at radius 2 is 1.93 bits per heavy atom. The van der Waals surface area contributed by atoms with E-state index < -0.39 is 0 Å². The van der Waals surface area contributed by atoms with Crippen molar-refractivity contribution in [3.63, 3.8) is 0 Å². The van der Waals surface area contributed by atoms with Gasteiger partial charge in [0.05, 0.1) is 4.83 Å². The number of hydrogen-bond donors (Lipinski definition) is 0. The fraction of sp³-hybridized carbons (Fsp3) is 0.800. The van der Waals surface area contributed by atoms with Gasteiger partial charge in [0, 0.05) is 5.92 Å². The highest BCUT2D eigenvalue weighted by atomic mass is 79.9. The fourth-order valence-corrected chi connectivity index (χ4v) is 1.49. The Bertz CT molecular complexity index is 275. The molecule has 1 rings (SSSR count). The van der Waals surface area contributed by atoms with E-state index >= 15 is 0 Å². The van der Waals surface area contributed by atoms with Crippen LogP contribution in [0.2, 0.25) is 0 Å². The number of halogens is 1. The molecule has 0 aliphatic carbocycles. The Morgan fingerprint density at radius 1 is 1.29 bits per heavy atom. The first-order valence-electron chi connectivity index (χ1n) is 5.16. The highest BCUT2D eigenvalue weighted by Crippen LogP contribution is 2.27. The van der Waals surface area contributed by atoms with Gasteiger partial charge in [0.25, 0.3) is 0 Å². The van der Waals surface area contributed by atoms with Crippen LogP contribution in [0.3, 0.4) is 0 Å². The van der Waals surface area contributed by atoms with Crippen molar-refractivity contribution in [1.82, 2.24) is 10.2 Å². The zero-order chi connectivity index (χ0) is 10.6. The van der Waals surface area contributed by atoms with Crippen LogP contribution < -0.4 is 0 Å². The minimum atomic E-state index is 0.192. The molecule has 0 aliphatic heterocycles. The van der Waals surface area contributed by atoms with Crippen molar-refractivity contribution in [2.45, 2.75) is 50.8 Å². The topological polar surface area (TPSA) is 38.9 Å². The molecule has 0 saturated heterocycles. The number of rotatable bonds is 5. The first-order valence-corrected chi connectivity index (χ1v) is 6.07. The van der Waals surface area contributed by atoms with Gasteiger partial charge < -0.3 is 4.42 Å². The van der Waals surface area contributed by atoms with Crippen molar-refractivity contribution < 1.29 is 4.42 Å². The van der Waals surface area contributed by atoms with Crippen LogP contribution in [0.1, 0.15) is 62.6 Å². The molecule has 1 aromatic heterocycles. The average molecular weight is 261 g/mol. The second-order valence-electron chi connectivity index (χ2n) is 3.54. The van der Waals surface area contributed by atoms with Gasteiger partial charge in [0.2, 0.25) is 11.8 Å². The first kappa shape index (κ1) is 11.7. The SMILES string of the molecule is CCCC(C)c1nnc(C(Br)CC)o1. The molecule has 0 aliphatic rings. The molecular formula is C10H17BrN2O. The molecule has 0 fully saturated rings. The van der Waals surface area contributed by atoms with E-state index in [0.717, 1.165) is 25.2 Å². The Labute approximate surface area is 93.4 Å². The molecule has 3 nitrogen and oxygen atoms in total. The van der Waals surface area contributed by atoms with Crippen molar-refractivity contribution in [2.24, 2.45) is 0 Å². The highest BCUT2D eigenvalue weighted by molar-refractivity contribution is 9.09. The van der Waals surface area contributed by atoms with Gasteiger partial charge in [-0.1, -0.05) is 43.1 Å². The summed E-state index contributed by atoms with van der Waals surface area (Å²) in [6, 6.07) is 0. The third-order valence-corrected chi connectivity index (χ3v) is 3.27. The van der Waals surface area contributed by atoms with Crippen molar-refractivity contribution in [1.29, 1.82) is 0 Å². The quantitative estimate of drug-likeness (QED) is 0.756. The lowest BCUT2D eigenvalue weighted by Gasteiger charge is -2.03.